The predicted octanol–water partition coefficient (Wildman–Crippen LogP) is 3.90. The number of carbonyl (C=O) groups excluding carboxylic acids is 2. The van der Waals surface area contributed by atoms with Gasteiger partial charge in [0.25, 0.3) is 0 Å². The summed E-state index contributed by atoms with van der Waals surface area (Å²) in [6, 6.07) is 13.5. The molecule has 0 saturated carbocycles. The number of aryl methyl sites for hydroxylation is 1. The molecule has 0 N–H and O–H groups in total. The summed E-state index contributed by atoms with van der Waals surface area (Å²) in [4.78, 5) is 30.5. The first-order valence-corrected chi connectivity index (χ1v) is 11.7. The maximum Gasteiger partial charge on any atom is 0.338 e. The van der Waals surface area contributed by atoms with E-state index in [0.29, 0.717) is 22.1 Å². The van der Waals surface area contributed by atoms with Crippen LogP contribution in [0.4, 0.5) is 10.8 Å². The number of anilines is 2. The summed E-state index contributed by atoms with van der Waals surface area (Å²) in [5, 5.41) is 2.18. The van der Waals surface area contributed by atoms with Crippen LogP contribution >= 0.6 is 11.3 Å². The van der Waals surface area contributed by atoms with Gasteiger partial charge < -0.3 is 4.74 Å². The molecule has 1 aromatic heterocycles. The summed E-state index contributed by atoms with van der Waals surface area (Å²) < 4.78 is 28.8. The molecule has 0 aliphatic rings. The smallest absolute Gasteiger partial charge is 0.338 e. The van der Waals surface area contributed by atoms with Gasteiger partial charge in [-0.25, -0.2) is 18.2 Å². The zero-order valence-corrected chi connectivity index (χ0v) is 18.3. The number of sulfone groups is 1. The fraction of sp³-hybridized carbons (Fsp3) is 0.190. The van der Waals surface area contributed by atoms with Gasteiger partial charge in [-0.1, -0.05) is 24.3 Å². The van der Waals surface area contributed by atoms with Gasteiger partial charge in [0.2, 0.25) is 5.91 Å². The number of esters is 1. The minimum absolute atomic E-state index is 0.0518. The minimum atomic E-state index is -3.44. The van der Waals surface area contributed by atoms with Crippen LogP contribution in [0.1, 0.15) is 28.5 Å². The molecular weight excluding hydrogens is 424 g/mol. The highest BCUT2D eigenvalue weighted by Crippen LogP contribution is 2.29. The Morgan fingerprint density at radius 1 is 1.13 bits per heavy atom. The standard InChI is InChI=1S/C21H20N2O5S2/c1-14-9-10-18(30(3,26)27)11-19(14)20(25)28-12-16-13-29-21(22-16)23(15(2)24)17-7-5-4-6-8-17/h4-11,13H,12H2,1-3H3. The molecule has 2 aromatic carbocycles. The Kier molecular flexibility index (Phi) is 6.33. The molecule has 0 saturated heterocycles. The minimum Gasteiger partial charge on any atom is -0.456 e. The lowest BCUT2D eigenvalue weighted by atomic mass is 10.1. The Bertz CT molecular complexity index is 1190. The van der Waals surface area contributed by atoms with E-state index in [-0.39, 0.29) is 23.0 Å². The van der Waals surface area contributed by atoms with Crippen LogP contribution in [0.2, 0.25) is 0 Å². The van der Waals surface area contributed by atoms with Crippen molar-refractivity contribution in [2.24, 2.45) is 0 Å². The lowest BCUT2D eigenvalue weighted by Crippen LogP contribution is -2.22. The molecule has 9 heteroatoms. The van der Waals surface area contributed by atoms with Crippen molar-refractivity contribution in [3.63, 3.8) is 0 Å². The molecule has 30 heavy (non-hydrogen) atoms. The SMILES string of the molecule is CC(=O)N(c1ccccc1)c1nc(COC(=O)c2cc(S(C)(=O)=O)ccc2C)cs1. The van der Waals surface area contributed by atoms with E-state index in [9.17, 15) is 18.0 Å². The Hall–Kier alpha value is -3.04. The highest BCUT2D eigenvalue weighted by Gasteiger charge is 2.19. The fourth-order valence-electron chi connectivity index (χ4n) is 2.74. The normalized spacial score (nSPS) is 11.2. The Morgan fingerprint density at radius 3 is 2.47 bits per heavy atom. The molecular formula is C21H20N2O5S2. The number of nitrogens with zero attached hydrogens (tertiary/aromatic N) is 2. The second kappa shape index (κ2) is 8.76. The van der Waals surface area contributed by atoms with Crippen molar-refractivity contribution in [2.45, 2.75) is 25.3 Å². The van der Waals surface area contributed by atoms with Crippen LogP contribution in [-0.2, 0) is 26.0 Å². The van der Waals surface area contributed by atoms with Gasteiger partial charge in [0, 0.05) is 18.6 Å². The fourth-order valence-corrected chi connectivity index (χ4v) is 4.26. The van der Waals surface area contributed by atoms with Gasteiger partial charge in [-0.15, -0.1) is 11.3 Å². The van der Waals surface area contributed by atoms with Crippen LogP contribution in [0.3, 0.4) is 0 Å². The van der Waals surface area contributed by atoms with Crippen LogP contribution in [-0.4, -0.2) is 31.5 Å². The maximum absolute atomic E-state index is 12.5. The first-order chi connectivity index (χ1) is 14.2. The third-order valence-electron chi connectivity index (χ3n) is 4.27. The zero-order valence-electron chi connectivity index (χ0n) is 16.7. The zero-order chi connectivity index (χ0) is 21.9. The average molecular weight is 445 g/mol. The van der Waals surface area contributed by atoms with Crippen molar-refractivity contribution >= 4 is 43.9 Å². The van der Waals surface area contributed by atoms with Crippen LogP contribution in [0, 0.1) is 6.92 Å². The van der Waals surface area contributed by atoms with Crippen LogP contribution < -0.4 is 4.90 Å². The number of ether oxygens (including phenoxy) is 1. The van der Waals surface area contributed by atoms with E-state index in [0.717, 1.165) is 6.26 Å². The van der Waals surface area contributed by atoms with Gasteiger partial charge in [-0.2, -0.15) is 0 Å². The van der Waals surface area contributed by atoms with E-state index in [1.807, 2.05) is 18.2 Å². The van der Waals surface area contributed by atoms with Gasteiger partial charge in [0.15, 0.2) is 15.0 Å². The molecule has 0 aliphatic carbocycles. The molecule has 1 amide bonds. The second-order valence-electron chi connectivity index (χ2n) is 6.64. The summed E-state index contributed by atoms with van der Waals surface area (Å²) >= 11 is 1.26. The first-order valence-electron chi connectivity index (χ1n) is 8.95. The molecule has 7 nitrogen and oxygen atoms in total. The van der Waals surface area contributed by atoms with E-state index in [1.165, 1.54) is 35.3 Å². The number of amides is 1. The highest BCUT2D eigenvalue weighted by molar-refractivity contribution is 7.90. The van der Waals surface area contributed by atoms with E-state index in [4.69, 9.17) is 4.74 Å². The van der Waals surface area contributed by atoms with Gasteiger partial charge in [-0.3, -0.25) is 9.69 Å². The number of benzene rings is 2. The summed E-state index contributed by atoms with van der Waals surface area (Å²) in [5.74, 6) is -0.827. The van der Waals surface area contributed by atoms with Crippen molar-refractivity contribution in [1.29, 1.82) is 0 Å². The first kappa shape index (κ1) is 21.7. The topological polar surface area (TPSA) is 93.6 Å². The van der Waals surface area contributed by atoms with Crippen LogP contribution in [0.5, 0.6) is 0 Å². The second-order valence-corrected chi connectivity index (χ2v) is 9.49. The van der Waals surface area contributed by atoms with Crippen LogP contribution in [0.25, 0.3) is 0 Å². The maximum atomic E-state index is 12.5. The molecule has 1 heterocycles. The quantitative estimate of drug-likeness (QED) is 0.536. The summed E-state index contributed by atoms with van der Waals surface area (Å²) in [6.07, 6.45) is 1.08. The van der Waals surface area contributed by atoms with Gasteiger partial charge in [0.1, 0.15) is 6.61 Å². The van der Waals surface area contributed by atoms with Gasteiger partial charge in [0.05, 0.1) is 21.8 Å². The van der Waals surface area contributed by atoms with Gasteiger partial charge >= 0.3 is 5.97 Å². The molecule has 0 atom stereocenters. The van der Waals surface area contributed by atoms with Crippen molar-refractivity contribution < 1.29 is 22.7 Å². The van der Waals surface area contributed by atoms with Crippen molar-refractivity contribution in [2.75, 3.05) is 11.2 Å². The average Bonchev–Trinajstić information content (AvgIpc) is 3.14. The van der Waals surface area contributed by atoms with Crippen LogP contribution in [0.15, 0.2) is 58.8 Å². The number of hydrogen-bond donors (Lipinski definition) is 0. The Labute approximate surface area is 178 Å². The number of hydrogen-bond acceptors (Lipinski definition) is 7. The third kappa shape index (κ3) is 4.92. The summed E-state index contributed by atoms with van der Waals surface area (Å²) in [7, 11) is -3.44. The number of thiazole rings is 1. The van der Waals surface area contributed by atoms with Crippen molar-refractivity contribution in [3.05, 3.63) is 70.7 Å². The predicted molar refractivity (Wildman–Crippen MR) is 115 cm³/mol. The molecule has 3 rings (SSSR count). The van der Waals surface area contributed by atoms with Crippen molar-refractivity contribution in [3.8, 4) is 0 Å². The molecule has 0 unspecified atom stereocenters. The number of rotatable bonds is 6. The molecule has 0 fully saturated rings. The largest absolute Gasteiger partial charge is 0.456 e. The highest BCUT2D eigenvalue weighted by atomic mass is 32.2. The number of aromatic nitrogens is 1. The van der Waals surface area contributed by atoms with E-state index in [2.05, 4.69) is 4.98 Å². The molecule has 0 spiro atoms. The molecule has 0 bridgehead atoms. The summed E-state index contributed by atoms with van der Waals surface area (Å²) in [5.41, 5.74) is 1.97. The van der Waals surface area contributed by atoms with Crippen molar-refractivity contribution in [1.82, 2.24) is 4.98 Å². The van der Waals surface area contributed by atoms with E-state index in [1.54, 1.807) is 30.5 Å². The Morgan fingerprint density at radius 2 is 1.83 bits per heavy atom. The van der Waals surface area contributed by atoms with E-state index < -0.39 is 15.8 Å². The van der Waals surface area contributed by atoms with Gasteiger partial charge in [-0.05, 0) is 36.8 Å². The monoisotopic (exact) mass is 444 g/mol. The lowest BCUT2D eigenvalue weighted by Gasteiger charge is -2.17. The third-order valence-corrected chi connectivity index (χ3v) is 6.25. The number of para-hydroxylation sites is 1. The molecule has 156 valence electrons. The lowest BCUT2D eigenvalue weighted by molar-refractivity contribution is -0.115. The number of carbonyl (C=O) groups is 2. The molecule has 3 aromatic rings. The van der Waals surface area contributed by atoms with E-state index >= 15 is 0 Å². The summed E-state index contributed by atoms with van der Waals surface area (Å²) in [6.45, 7) is 3.05. The Balaban J connectivity index is 1.76. The molecule has 0 radical (unpaired) electrons. The molecule has 0 aliphatic heterocycles.